The van der Waals surface area contributed by atoms with E-state index in [1.807, 2.05) is 13.0 Å². The third-order valence-electron chi connectivity index (χ3n) is 4.45. The van der Waals surface area contributed by atoms with E-state index in [9.17, 15) is 0 Å². The number of rotatable bonds is 4. The highest BCUT2D eigenvalue weighted by molar-refractivity contribution is 5.96. The summed E-state index contributed by atoms with van der Waals surface area (Å²) in [5.74, 6) is 1.14. The Labute approximate surface area is 121 Å². The first kappa shape index (κ1) is 13.4. The molecule has 108 valence electrons. The second-order valence-electron chi connectivity index (χ2n) is 6.14. The van der Waals surface area contributed by atoms with Crippen LogP contribution in [0.2, 0.25) is 0 Å². The topological polar surface area (TPSA) is 56.4 Å². The first-order valence-electron chi connectivity index (χ1n) is 7.56. The van der Waals surface area contributed by atoms with Crippen LogP contribution in [0.3, 0.4) is 0 Å². The molecule has 1 heterocycles. The quantitative estimate of drug-likeness (QED) is 0.649. The first-order valence-corrected chi connectivity index (χ1v) is 7.56. The van der Waals surface area contributed by atoms with E-state index in [1.54, 1.807) is 0 Å². The number of piperazine rings is 1. The Balaban J connectivity index is 1.62. The lowest BCUT2D eigenvalue weighted by Crippen LogP contribution is -2.47. The van der Waals surface area contributed by atoms with Crippen LogP contribution in [-0.2, 0) is 0 Å². The highest BCUT2D eigenvalue weighted by Gasteiger charge is 2.26. The Kier molecular flexibility index (Phi) is 3.66. The summed E-state index contributed by atoms with van der Waals surface area (Å²) in [5, 5.41) is 7.55. The van der Waals surface area contributed by atoms with Crippen molar-refractivity contribution in [2.75, 3.05) is 37.6 Å². The lowest BCUT2D eigenvalue weighted by molar-refractivity contribution is 0.248. The molecule has 2 fully saturated rings. The lowest BCUT2D eigenvalue weighted by Gasteiger charge is -2.36. The maximum absolute atomic E-state index is 7.55. The molecular formula is C16H24N4. The van der Waals surface area contributed by atoms with Crippen molar-refractivity contribution in [3.8, 4) is 0 Å². The molecule has 1 aliphatic heterocycles. The fourth-order valence-electron chi connectivity index (χ4n) is 3.00. The van der Waals surface area contributed by atoms with E-state index in [1.165, 1.54) is 38.2 Å². The predicted molar refractivity (Wildman–Crippen MR) is 83.6 cm³/mol. The van der Waals surface area contributed by atoms with Crippen molar-refractivity contribution < 1.29 is 0 Å². The normalized spacial score (nSPS) is 20.1. The number of nitrogen functional groups attached to an aromatic ring is 1. The number of amidine groups is 1. The highest BCUT2D eigenvalue weighted by Crippen LogP contribution is 2.30. The standard InChI is InChI=1S/C16H24N4/c1-12-10-14(4-5-15(12)16(17)18)20-8-6-19(7-9-20)11-13-2-3-13/h4-5,10,13H,2-3,6-9,11H2,1H3,(H3,17,18). The summed E-state index contributed by atoms with van der Waals surface area (Å²) >= 11 is 0. The Hall–Kier alpha value is -1.55. The molecule has 0 spiro atoms. The molecule has 1 saturated heterocycles. The molecule has 0 atom stereocenters. The van der Waals surface area contributed by atoms with Gasteiger partial charge in [0.25, 0.3) is 0 Å². The molecule has 1 aromatic carbocycles. The zero-order chi connectivity index (χ0) is 14.1. The van der Waals surface area contributed by atoms with E-state index in [4.69, 9.17) is 11.1 Å². The minimum Gasteiger partial charge on any atom is -0.384 e. The van der Waals surface area contributed by atoms with E-state index < -0.39 is 0 Å². The van der Waals surface area contributed by atoms with Gasteiger partial charge in [-0.25, -0.2) is 0 Å². The molecule has 3 N–H and O–H groups in total. The Morgan fingerprint density at radius 3 is 2.50 bits per heavy atom. The predicted octanol–water partition coefficient (Wildman–Crippen LogP) is 1.81. The molecule has 3 rings (SSSR count). The van der Waals surface area contributed by atoms with Crippen LogP contribution in [0.4, 0.5) is 5.69 Å². The van der Waals surface area contributed by atoms with Gasteiger partial charge in [0.2, 0.25) is 0 Å². The summed E-state index contributed by atoms with van der Waals surface area (Å²) in [6, 6.07) is 6.23. The molecule has 2 aliphatic rings. The number of benzene rings is 1. The van der Waals surface area contributed by atoms with Gasteiger partial charge in [0, 0.05) is 44.0 Å². The SMILES string of the molecule is Cc1cc(N2CCN(CC3CC3)CC2)ccc1C(=N)N. The molecule has 1 saturated carbocycles. The van der Waals surface area contributed by atoms with Gasteiger partial charge in [0.15, 0.2) is 0 Å². The molecule has 4 nitrogen and oxygen atoms in total. The van der Waals surface area contributed by atoms with E-state index in [0.29, 0.717) is 0 Å². The second kappa shape index (κ2) is 5.44. The average Bonchev–Trinajstić information content (AvgIpc) is 3.23. The molecule has 1 aromatic rings. The van der Waals surface area contributed by atoms with Crippen molar-refractivity contribution in [3.05, 3.63) is 29.3 Å². The summed E-state index contributed by atoms with van der Waals surface area (Å²) < 4.78 is 0. The van der Waals surface area contributed by atoms with Gasteiger partial charge in [-0.2, -0.15) is 0 Å². The summed E-state index contributed by atoms with van der Waals surface area (Å²) in [7, 11) is 0. The van der Waals surface area contributed by atoms with Crippen LogP contribution in [-0.4, -0.2) is 43.5 Å². The van der Waals surface area contributed by atoms with E-state index in [-0.39, 0.29) is 5.84 Å². The van der Waals surface area contributed by atoms with Gasteiger partial charge in [-0.3, -0.25) is 10.3 Å². The Morgan fingerprint density at radius 2 is 1.95 bits per heavy atom. The number of nitrogens with zero attached hydrogens (tertiary/aromatic N) is 2. The average molecular weight is 272 g/mol. The molecule has 0 aromatic heterocycles. The van der Waals surface area contributed by atoms with Crippen molar-refractivity contribution in [3.63, 3.8) is 0 Å². The fourth-order valence-corrected chi connectivity index (χ4v) is 3.00. The van der Waals surface area contributed by atoms with Gasteiger partial charge in [0.05, 0.1) is 0 Å². The first-order chi connectivity index (χ1) is 9.63. The number of aryl methyl sites for hydroxylation is 1. The van der Waals surface area contributed by atoms with Gasteiger partial charge in [-0.15, -0.1) is 0 Å². The van der Waals surface area contributed by atoms with Crippen molar-refractivity contribution in [2.45, 2.75) is 19.8 Å². The molecule has 1 aliphatic carbocycles. The molecule has 0 unspecified atom stereocenters. The van der Waals surface area contributed by atoms with E-state index in [2.05, 4.69) is 21.9 Å². The van der Waals surface area contributed by atoms with Crippen LogP contribution < -0.4 is 10.6 Å². The van der Waals surface area contributed by atoms with Crippen molar-refractivity contribution in [2.24, 2.45) is 11.7 Å². The van der Waals surface area contributed by atoms with Crippen LogP contribution in [0.15, 0.2) is 18.2 Å². The zero-order valence-corrected chi connectivity index (χ0v) is 12.2. The largest absolute Gasteiger partial charge is 0.384 e. The number of hydrogen-bond donors (Lipinski definition) is 2. The van der Waals surface area contributed by atoms with Crippen LogP contribution in [0.1, 0.15) is 24.0 Å². The minimum absolute atomic E-state index is 0.156. The van der Waals surface area contributed by atoms with Gasteiger partial charge < -0.3 is 10.6 Å². The van der Waals surface area contributed by atoms with Crippen LogP contribution >= 0.6 is 0 Å². The monoisotopic (exact) mass is 272 g/mol. The van der Waals surface area contributed by atoms with Gasteiger partial charge in [-0.05, 0) is 49.4 Å². The van der Waals surface area contributed by atoms with Gasteiger partial charge in [-0.1, -0.05) is 0 Å². The van der Waals surface area contributed by atoms with Gasteiger partial charge >= 0.3 is 0 Å². The molecule has 20 heavy (non-hydrogen) atoms. The number of nitrogens with one attached hydrogen (secondary N) is 1. The smallest absolute Gasteiger partial charge is 0.123 e. The van der Waals surface area contributed by atoms with Crippen LogP contribution in [0.5, 0.6) is 0 Å². The summed E-state index contributed by atoms with van der Waals surface area (Å²) in [6.07, 6.45) is 2.87. The molecule has 4 heteroatoms. The third kappa shape index (κ3) is 2.96. The maximum atomic E-state index is 7.55. The van der Waals surface area contributed by atoms with Crippen LogP contribution in [0.25, 0.3) is 0 Å². The number of anilines is 1. The lowest BCUT2D eigenvalue weighted by atomic mass is 10.1. The van der Waals surface area contributed by atoms with Crippen molar-refractivity contribution in [1.29, 1.82) is 5.41 Å². The van der Waals surface area contributed by atoms with Crippen molar-refractivity contribution in [1.82, 2.24) is 4.90 Å². The van der Waals surface area contributed by atoms with E-state index in [0.717, 1.165) is 30.1 Å². The van der Waals surface area contributed by atoms with Crippen LogP contribution in [0, 0.1) is 18.3 Å². The highest BCUT2D eigenvalue weighted by atomic mass is 15.3. The fraction of sp³-hybridized carbons (Fsp3) is 0.562. The Bertz CT molecular complexity index is 499. The number of nitrogens with two attached hydrogens (primary N) is 1. The molecular weight excluding hydrogens is 248 g/mol. The maximum Gasteiger partial charge on any atom is 0.123 e. The van der Waals surface area contributed by atoms with Crippen molar-refractivity contribution >= 4 is 11.5 Å². The summed E-state index contributed by atoms with van der Waals surface area (Å²) in [6.45, 7) is 7.88. The molecule has 0 amide bonds. The second-order valence-corrected chi connectivity index (χ2v) is 6.14. The van der Waals surface area contributed by atoms with E-state index >= 15 is 0 Å². The minimum atomic E-state index is 0.156. The summed E-state index contributed by atoms with van der Waals surface area (Å²) in [5.41, 5.74) is 8.78. The summed E-state index contributed by atoms with van der Waals surface area (Å²) in [4.78, 5) is 5.05. The zero-order valence-electron chi connectivity index (χ0n) is 12.2. The third-order valence-corrected chi connectivity index (χ3v) is 4.45. The number of hydrogen-bond acceptors (Lipinski definition) is 3. The van der Waals surface area contributed by atoms with Gasteiger partial charge in [0.1, 0.15) is 5.84 Å². The molecule has 0 bridgehead atoms. The molecule has 0 radical (unpaired) electrons. The Morgan fingerprint density at radius 1 is 1.25 bits per heavy atom.